The van der Waals surface area contributed by atoms with Crippen molar-refractivity contribution in [1.29, 1.82) is 0 Å². The Morgan fingerprint density at radius 2 is 1.83 bits per heavy atom. The Kier molecular flexibility index (Phi) is 3.55. The number of benzene rings is 2. The van der Waals surface area contributed by atoms with Crippen LogP contribution in [0.4, 0.5) is 5.13 Å². The molecule has 2 heterocycles. The van der Waals surface area contributed by atoms with E-state index in [1.165, 1.54) is 11.3 Å². The first-order chi connectivity index (χ1) is 11.7. The van der Waals surface area contributed by atoms with Crippen LogP contribution in [0.3, 0.4) is 0 Å². The van der Waals surface area contributed by atoms with Gasteiger partial charge in [0.25, 0.3) is 5.91 Å². The summed E-state index contributed by atoms with van der Waals surface area (Å²) in [6.07, 6.45) is 3.22. The Labute approximate surface area is 141 Å². The Hall–Kier alpha value is -3.06. The van der Waals surface area contributed by atoms with Crippen molar-refractivity contribution in [3.8, 4) is 5.75 Å². The molecule has 4 rings (SSSR count). The highest BCUT2D eigenvalue weighted by molar-refractivity contribution is 7.22. The topological polar surface area (TPSA) is 77.0 Å². The number of hydrogen-bond donors (Lipinski definition) is 1. The molecule has 0 saturated carbocycles. The minimum Gasteiger partial charge on any atom is -0.497 e. The molecule has 2 aromatic carbocycles. The van der Waals surface area contributed by atoms with Crippen LogP contribution in [0, 0.1) is 0 Å². The zero-order chi connectivity index (χ0) is 16.5. The molecule has 0 unspecified atom stereocenters. The molecule has 0 aliphatic rings. The maximum Gasteiger partial charge on any atom is 0.257 e. The van der Waals surface area contributed by atoms with Crippen molar-refractivity contribution >= 4 is 43.6 Å². The van der Waals surface area contributed by atoms with Crippen molar-refractivity contribution in [3.05, 3.63) is 54.4 Å². The predicted octanol–water partition coefficient (Wildman–Crippen LogP) is 3.50. The van der Waals surface area contributed by atoms with Crippen LogP contribution in [0.25, 0.3) is 21.3 Å². The van der Waals surface area contributed by atoms with E-state index in [0.717, 1.165) is 21.5 Å². The van der Waals surface area contributed by atoms with Crippen LogP contribution in [-0.2, 0) is 0 Å². The summed E-state index contributed by atoms with van der Waals surface area (Å²) in [5, 5.41) is 3.37. The minimum atomic E-state index is -0.228. The van der Waals surface area contributed by atoms with E-state index in [9.17, 15) is 4.79 Å². The summed E-state index contributed by atoms with van der Waals surface area (Å²) in [6.45, 7) is 0. The molecule has 2 aromatic heterocycles. The van der Waals surface area contributed by atoms with E-state index in [1.807, 2.05) is 18.2 Å². The molecule has 118 valence electrons. The average Bonchev–Trinajstić information content (AvgIpc) is 3.02. The van der Waals surface area contributed by atoms with Gasteiger partial charge in [0.05, 0.1) is 28.4 Å². The van der Waals surface area contributed by atoms with Crippen molar-refractivity contribution in [2.24, 2.45) is 0 Å². The molecule has 0 saturated heterocycles. The normalized spacial score (nSPS) is 10.9. The van der Waals surface area contributed by atoms with E-state index in [2.05, 4.69) is 20.3 Å². The van der Waals surface area contributed by atoms with Crippen molar-refractivity contribution in [2.75, 3.05) is 12.4 Å². The zero-order valence-electron chi connectivity index (χ0n) is 12.7. The molecule has 24 heavy (non-hydrogen) atoms. The van der Waals surface area contributed by atoms with Gasteiger partial charge in [-0.25, -0.2) is 4.98 Å². The van der Waals surface area contributed by atoms with Gasteiger partial charge in [-0.1, -0.05) is 11.3 Å². The van der Waals surface area contributed by atoms with Crippen LogP contribution < -0.4 is 10.1 Å². The first-order valence-electron chi connectivity index (χ1n) is 7.19. The highest BCUT2D eigenvalue weighted by Gasteiger charge is 2.11. The number of nitrogens with one attached hydrogen (secondary N) is 1. The molecule has 0 aliphatic heterocycles. The van der Waals surface area contributed by atoms with Gasteiger partial charge in [0.2, 0.25) is 0 Å². The smallest absolute Gasteiger partial charge is 0.257 e. The Balaban J connectivity index is 1.62. The fraction of sp³-hybridized carbons (Fsp3) is 0.0588. The lowest BCUT2D eigenvalue weighted by Gasteiger charge is -2.02. The van der Waals surface area contributed by atoms with Crippen molar-refractivity contribution in [3.63, 3.8) is 0 Å². The van der Waals surface area contributed by atoms with Gasteiger partial charge >= 0.3 is 0 Å². The molecule has 0 bridgehead atoms. The second kappa shape index (κ2) is 5.86. The molecule has 7 heteroatoms. The number of thiazole rings is 1. The van der Waals surface area contributed by atoms with Gasteiger partial charge in [-0.2, -0.15) is 0 Å². The van der Waals surface area contributed by atoms with E-state index in [-0.39, 0.29) is 5.91 Å². The number of aromatic nitrogens is 3. The van der Waals surface area contributed by atoms with Crippen molar-refractivity contribution < 1.29 is 9.53 Å². The van der Waals surface area contributed by atoms with Crippen molar-refractivity contribution in [2.45, 2.75) is 0 Å². The maximum atomic E-state index is 12.4. The Morgan fingerprint density at radius 3 is 2.67 bits per heavy atom. The second-order valence-electron chi connectivity index (χ2n) is 5.07. The largest absolute Gasteiger partial charge is 0.497 e. The molecule has 1 N–H and O–H groups in total. The Bertz CT molecular complexity index is 1060. The molecular weight excluding hydrogens is 324 g/mol. The summed E-state index contributed by atoms with van der Waals surface area (Å²) in [6, 6.07) is 10.8. The number of amides is 1. The summed E-state index contributed by atoms with van der Waals surface area (Å²) in [5.41, 5.74) is 2.76. The number of methoxy groups -OCH3 is 1. The summed E-state index contributed by atoms with van der Waals surface area (Å²) in [5.74, 6) is 0.533. The number of carbonyl (C=O) groups is 1. The first-order valence-corrected chi connectivity index (χ1v) is 8.01. The number of hydrogen-bond acceptors (Lipinski definition) is 6. The van der Waals surface area contributed by atoms with E-state index in [4.69, 9.17) is 4.74 Å². The van der Waals surface area contributed by atoms with E-state index < -0.39 is 0 Å². The van der Waals surface area contributed by atoms with Crippen LogP contribution >= 0.6 is 11.3 Å². The molecule has 4 aromatic rings. The van der Waals surface area contributed by atoms with Crippen molar-refractivity contribution in [1.82, 2.24) is 15.0 Å². The van der Waals surface area contributed by atoms with Crippen LogP contribution in [-0.4, -0.2) is 28.0 Å². The minimum absolute atomic E-state index is 0.228. The van der Waals surface area contributed by atoms with Crippen LogP contribution in [0.15, 0.2) is 48.8 Å². The summed E-state index contributed by atoms with van der Waals surface area (Å²) in [4.78, 5) is 25.3. The Morgan fingerprint density at radius 1 is 1.04 bits per heavy atom. The maximum absolute atomic E-state index is 12.4. The third kappa shape index (κ3) is 2.65. The van der Waals surface area contributed by atoms with E-state index in [0.29, 0.717) is 16.2 Å². The third-order valence-electron chi connectivity index (χ3n) is 3.55. The average molecular weight is 336 g/mol. The highest BCUT2D eigenvalue weighted by atomic mass is 32.1. The number of carbonyl (C=O) groups excluding carboxylic acids is 1. The molecular formula is C17H12N4O2S. The molecule has 0 aliphatic carbocycles. The second-order valence-corrected chi connectivity index (χ2v) is 6.10. The lowest BCUT2D eigenvalue weighted by Crippen LogP contribution is -2.11. The number of fused-ring (bicyclic) bond motifs is 2. The molecule has 0 fully saturated rings. The number of rotatable bonds is 3. The highest BCUT2D eigenvalue weighted by Crippen LogP contribution is 2.29. The molecule has 6 nitrogen and oxygen atoms in total. The molecule has 0 spiro atoms. The lowest BCUT2D eigenvalue weighted by atomic mass is 10.2. The molecule has 1 amide bonds. The standard InChI is InChI=1S/C17H12N4O2S/c1-23-11-3-5-13-15(9-11)24-17(20-13)21-16(22)10-2-4-12-14(8-10)19-7-6-18-12/h2-9H,1H3,(H,20,21,22). The summed E-state index contributed by atoms with van der Waals surface area (Å²) in [7, 11) is 1.62. The molecule has 0 atom stereocenters. The van der Waals surface area contributed by atoms with Gasteiger partial charge < -0.3 is 4.74 Å². The lowest BCUT2D eigenvalue weighted by molar-refractivity contribution is 0.102. The van der Waals surface area contributed by atoms with Crippen LogP contribution in [0.1, 0.15) is 10.4 Å². The monoisotopic (exact) mass is 336 g/mol. The van der Waals surface area contributed by atoms with Gasteiger partial charge in [0.1, 0.15) is 5.75 Å². The molecule has 0 radical (unpaired) electrons. The number of nitrogens with zero attached hydrogens (tertiary/aromatic N) is 3. The first kappa shape index (κ1) is 14.5. The van der Waals surface area contributed by atoms with Gasteiger partial charge in [-0.3, -0.25) is 20.1 Å². The SMILES string of the molecule is COc1ccc2nc(NC(=O)c3ccc4nccnc4c3)sc2c1. The van der Waals surface area contributed by atoms with Gasteiger partial charge in [0, 0.05) is 18.0 Å². The van der Waals surface area contributed by atoms with Gasteiger partial charge in [-0.15, -0.1) is 0 Å². The van der Waals surface area contributed by atoms with Gasteiger partial charge in [0.15, 0.2) is 5.13 Å². The van der Waals surface area contributed by atoms with Gasteiger partial charge in [-0.05, 0) is 36.4 Å². The fourth-order valence-electron chi connectivity index (χ4n) is 2.36. The van der Waals surface area contributed by atoms with E-state index >= 15 is 0 Å². The summed E-state index contributed by atoms with van der Waals surface area (Å²) < 4.78 is 6.15. The summed E-state index contributed by atoms with van der Waals surface area (Å²) >= 11 is 1.40. The third-order valence-corrected chi connectivity index (χ3v) is 4.48. The predicted molar refractivity (Wildman–Crippen MR) is 93.7 cm³/mol. The quantitative estimate of drug-likeness (QED) is 0.619. The number of anilines is 1. The number of ether oxygens (including phenoxy) is 1. The van der Waals surface area contributed by atoms with Crippen LogP contribution in [0.5, 0.6) is 5.75 Å². The van der Waals surface area contributed by atoms with E-state index in [1.54, 1.807) is 37.7 Å². The van der Waals surface area contributed by atoms with Crippen LogP contribution in [0.2, 0.25) is 0 Å². The fourth-order valence-corrected chi connectivity index (χ4v) is 3.25. The zero-order valence-corrected chi connectivity index (χ0v) is 13.5.